The second-order valence-electron chi connectivity index (χ2n) is 8.62. The van der Waals surface area contributed by atoms with Gasteiger partial charge in [0.25, 0.3) is 0 Å². The van der Waals surface area contributed by atoms with Gasteiger partial charge < -0.3 is 0 Å². The summed E-state index contributed by atoms with van der Waals surface area (Å²) in [7, 11) is -2.47. The molecule has 0 nitrogen and oxygen atoms in total. The molecule has 0 saturated carbocycles. The normalized spacial score (nSPS) is 13.8. The van der Waals surface area contributed by atoms with Crippen molar-refractivity contribution in [2.45, 2.75) is 76.2 Å². The van der Waals surface area contributed by atoms with E-state index < -0.39 is 22.8 Å². The molecule has 0 heterocycles. The third-order valence-corrected chi connectivity index (χ3v) is 60.8. The zero-order valence-electron chi connectivity index (χ0n) is 14.5. The SMILES string of the molecule is C[Si](C)(C)[Si]([Si](C)(C)C)[Si](C)(C)C.[CH3][Ge]([CH3])[CH3]. The molecular formula is C12H36GeSi4. The molecule has 0 amide bonds. The first-order chi connectivity index (χ1) is 7.10. The van der Waals surface area contributed by atoms with E-state index in [0.29, 0.717) is 0 Å². The van der Waals surface area contributed by atoms with Crippen molar-refractivity contribution in [2.75, 3.05) is 0 Å². The summed E-state index contributed by atoms with van der Waals surface area (Å²) in [6, 6.07) is 0. The monoisotopic (exact) mass is 366 g/mol. The fraction of sp³-hybridized carbons (Fsp3) is 1.00. The Hall–Kier alpha value is 1.41. The maximum atomic E-state index is 2.61. The first-order valence-corrected chi connectivity index (χ1v) is 28.0. The van der Waals surface area contributed by atoms with Crippen LogP contribution in [0.2, 0.25) is 76.2 Å². The van der Waals surface area contributed by atoms with E-state index in [2.05, 4.69) is 76.2 Å². The van der Waals surface area contributed by atoms with Gasteiger partial charge >= 0.3 is 31.6 Å². The van der Waals surface area contributed by atoms with Gasteiger partial charge in [-0.15, -0.1) is 0 Å². The van der Waals surface area contributed by atoms with Crippen LogP contribution >= 0.6 is 0 Å². The van der Waals surface area contributed by atoms with Crippen molar-refractivity contribution in [3.63, 3.8) is 0 Å². The molecule has 0 aromatic carbocycles. The van der Waals surface area contributed by atoms with E-state index in [4.69, 9.17) is 0 Å². The van der Waals surface area contributed by atoms with Crippen molar-refractivity contribution in [3.8, 4) is 0 Å². The van der Waals surface area contributed by atoms with Crippen LogP contribution in [0.25, 0.3) is 0 Å². The van der Waals surface area contributed by atoms with E-state index in [1.165, 1.54) is 0 Å². The van der Waals surface area contributed by atoms with Crippen molar-refractivity contribution in [1.82, 2.24) is 0 Å². The quantitative estimate of drug-likeness (QED) is 0.611. The molecule has 17 heavy (non-hydrogen) atoms. The fourth-order valence-electron chi connectivity index (χ4n) is 3.38. The molecule has 0 aliphatic rings. The Morgan fingerprint density at radius 3 is 0.647 bits per heavy atom. The van der Waals surface area contributed by atoms with Gasteiger partial charge in [-0.05, 0) is 0 Å². The van der Waals surface area contributed by atoms with Crippen molar-refractivity contribution < 1.29 is 0 Å². The van der Waals surface area contributed by atoms with Crippen molar-refractivity contribution in [3.05, 3.63) is 0 Å². The summed E-state index contributed by atoms with van der Waals surface area (Å²) in [6.45, 7) is 23.5. The molecule has 0 unspecified atom stereocenters. The Morgan fingerprint density at radius 1 is 0.529 bits per heavy atom. The van der Waals surface area contributed by atoms with E-state index >= 15 is 0 Å². The van der Waals surface area contributed by atoms with Gasteiger partial charge in [0.05, 0.1) is 0 Å². The van der Waals surface area contributed by atoms with Crippen LogP contribution in [-0.4, -0.2) is 44.5 Å². The van der Waals surface area contributed by atoms with E-state index in [-0.39, 0.29) is 21.7 Å². The van der Waals surface area contributed by atoms with Gasteiger partial charge in [-0.1, -0.05) is 58.9 Å². The van der Waals surface area contributed by atoms with Gasteiger partial charge in [-0.3, -0.25) is 0 Å². The van der Waals surface area contributed by atoms with Gasteiger partial charge in [0, 0.05) is 30.1 Å². The van der Waals surface area contributed by atoms with Gasteiger partial charge in [0.1, 0.15) is 0 Å². The van der Waals surface area contributed by atoms with Gasteiger partial charge in [0.2, 0.25) is 0 Å². The number of rotatable bonds is 3. The molecule has 0 N–H and O–H groups in total. The number of hydrogen-bond acceptors (Lipinski definition) is 0. The summed E-state index contributed by atoms with van der Waals surface area (Å²) in [4.78, 5) is 0. The Morgan fingerprint density at radius 2 is 0.647 bits per heavy atom. The molecule has 0 rings (SSSR count). The van der Waals surface area contributed by atoms with Crippen LogP contribution in [0.3, 0.4) is 0 Å². The third-order valence-electron chi connectivity index (χ3n) is 2.25. The fourth-order valence-corrected chi connectivity index (χ4v) is 91.1. The minimum absolute atomic E-state index is 0.0255. The molecule has 0 aliphatic heterocycles. The summed E-state index contributed by atoms with van der Waals surface area (Å²) in [6.07, 6.45) is 0. The molecule has 0 bridgehead atoms. The van der Waals surface area contributed by atoms with E-state index in [0.717, 1.165) is 0 Å². The zero-order valence-corrected chi connectivity index (χ0v) is 20.6. The maximum absolute atomic E-state index is 2.61. The average molecular weight is 365 g/mol. The molecule has 0 aliphatic carbocycles. The second-order valence-corrected chi connectivity index (χ2v) is 51.7. The van der Waals surface area contributed by atoms with Crippen LogP contribution < -0.4 is 0 Å². The molecule has 0 aromatic heterocycles. The van der Waals surface area contributed by atoms with Crippen molar-refractivity contribution in [2.24, 2.45) is 0 Å². The summed E-state index contributed by atoms with van der Waals surface area (Å²) < 4.78 is 0. The Kier molecular flexibility index (Phi) is 8.85. The standard InChI is InChI=1S/C9H27Si4.C3H9Ge/c1-11(2,3)10(12(4,5)6)13(7,8)9;1-4(2)3/h1-9H3;1-3H3. The average Bonchev–Trinajstić information content (AvgIpc) is 1.69. The predicted octanol–water partition coefficient (Wildman–Crippen LogP) is 5.10. The van der Waals surface area contributed by atoms with Gasteiger partial charge in [-0.2, -0.15) is 0 Å². The molecule has 0 saturated heterocycles. The molecule has 0 spiro atoms. The Bertz CT molecular complexity index is 172. The Labute approximate surface area is 120 Å². The van der Waals surface area contributed by atoms with Gasteiger partial charge in [-0.25, -0.2) is 0 Å². The zero-order chi connectivity index (χ0) is 14.7. The van der Waals surface area contributed by atoms with Crippen LogP contribution in [0.15, 0.2) is 0 Å². The van der Waals surface area contributed by atoms with Crippen LogP contribution in [0, 0.1) is 0 Å². The topological polar surface area (TPSA) is 0 Å². The van der Waals surface area contributed by atoms with Crippen LogP contribution in [-0.2, 0) is 0 Å². The first-order valence-electron chi connectivity index (χ1n) is 6.75. The molecule has 2 radical (unpaired) electrons. The second kappa shape index (κ2) is 7.26. The molecule has 5 heteroatoms. The Balaban J connectivity index is 0. The summed E-state index contributed by atoms with van der Waals surface area (Å²) >= 11 is -0.333. The third kappa shape index (κ3) is 11.0. The predicted molar refractivity (Wildman–Crippen MR) is 99.1 cm³/mol. The summed E-state index contributed by atoms with van der Waals surface area (Å²) in [5, 5.41) is 0. The van der Waals surface area contributed by atoms with Crippen LogP contribution in [0.1, 0.15) is 0 Å². The summed E-state index contributed by atoms with van der Waals surface area (Å²) in [5.74, 6) is 7.00. The van der Waals surface area contributed by atoms with Gasteiger partial charge in [0.15, 0.2) is 0 Å². The minimum atomic E-state index is -0.832. The van der Waals surface area contributed by atoms with Crippen LogP contribution in [0.4, 0.5) is 0 Å². The van der Waals surface area contributed by atoms with Crippen LogP contribution in [0.5, 0.6) is 0 Å². The van der Waals surface area contributed by atoms with E-state index in [9.17, 15) is 0 Å². The van der Waals surface area contributed by atoms with Crippen molar-refractivity contribution in [1.29, 1.82) is 0 Å². The van der Waals surface area contributed by atoms with E-state index in [1.54, 1.807) is 0 Å². The summed E-state index contributed by atoms with van der Waals surface area (Å²) in [5.41, 5.74) is 0. The number of hydrogen-bond donors (Lipinski definition) is 0. The van der Waals surface area contributed by atoms with E-state index in [1.807, 2.05) is 0 Å². The molecule has 0 fully saturated rings. The first kappa shape index (κ1) is 20.7. The molecule has 104 valence electrons. The molecular weight excluding hydrogens is 329 g/mol. The molecule has 0 atom stereocenters. The van der Waals surface area contributed by atoms with Crippen molar-refractivity contribution >= 4 is 44.5 Å². The molecule has 0 aromatic rings.